The quantitative estimate of drug-likeness (QED) is 0.788. The van der Waals surface area contributed by atoms with E-state index in [4.69, 9.17) is 5.73 Å². The van der Waals surface area contributed by atoms with E-state index in [1.165, 1.54) is 18.2 Å². The summed E-state index contributed by atoms with van der Waals surface area (Å²) in [7, 11) is 0. The van der Waals surface area contributed by atoms with Crippen molar-refractivity contribution in [3.8, 4) is 0 Å². The second-order valence-electron chi connectivity index (χ2n) is 4.60. The Labute approximate surface area is 100 Å². The Kier molecular flexibility index (Phi) is 3.31. The number of halogens is 1. The van der Waals surface area contributed by atoms with Crippen molar-refractivity contribution < 1.29 is 9.18 Å². The highest BCUT2D eigenvalue weighted by Crippen LogP contribution is 2.34. The van der Waals surface area contributed by atoms with Crippen molar-refractivity contribution in [3.63, 3.8) is 0 Å². The minimum atomic E-state index is -0.560. The number of carbonyl (C=O) groups excluding carboxylic acids is 1. The molecular weight excluding hydrogens is 219 g/mol. The topological polar surface area (TPSA) is 55.1 Å². The third kappa shape index (κ3) is 2.75. The smallest absolute Gasteiger partial charge is 0.254 e. The average molecular weight is 236 g/mol. The van der Waals surface area contributed by atoms with Crippen molar-refractivity contribution in [2.45, 2.75) is 32.2 Å². The summed E-state index contributed by atoms with van der Waals surface area (Å²) >= 11 is 0. The van der Waals surface area contributed by atoms with Crippen LogP contribution in [-0.2, 0) is 0 Å². The van der Waals surface area contributed by atoms with Crippen molar-refractivity contribution in [1.82, 2.24) is 5.32 Å². The van der Waals surface area contributed by atoms with Gasteiger partial charge in [0.2, 0.25) is 0 Å². The van der Waals surface area contributed by atoms with Crippen LogP contribution in [0.1, 0.15) is 36.5 Å². The van der Waals surface area contributed by atoms with Crippen LogP contribution < -0.4 is 11.1 Å². The lowest BCUT2D eigenvalue weighted by molar-refractivity contribution is 0.0945. The highest BCUT2D eigenvalue weighted by molar-refractivity contribution is 5.95. The zero-order valence-electron chi connectivity index (χ0n) is 9.87. The standard InChI is InChI=1S/C13H17FN2O/c1-2-3-8-6-12(8)16-13(17)10-5-4-9(15)7-11(10)14/h4-5,7-8,12H,2-3,6,15H2,1H3,(H,16,17). The fraction of sp³-hybridized carbons (Fsp3) is 0.462. The van der Waals surface area contributed by atoms with Gasteiger partial charge in [-0.3, -0.25) is 4.79 Å². The molecule has 1 aromatic carbocycles. The summed E-state index contributed by atoms with van der Waals surface area (Å²) in [4.78, 5) is 11.8. The molecule has 1 aliphatic rings. The molecule has 4 heteroatoms. The van der Waals surface area contributed by atoms with Crippen LogP contribution >= 0.6 is 0 Å². The van der Waals surface area contributed by atoms with Crippen LogP contribution in [0.4, 0.5) is 10.1 Å². The molecule has 0 aromatic heterocycles. The molecule has 0 saturated heterocycles. The third-order valence-corrected chi connectivity index (χ3v) is 3.14. The normalized spacial score (nSPS) is 22.2. The molecule has 92 valence electrons. The number of rotatable bonds is 4. The van der Waals surface area contributed by atoms with Crippen LogP contribution in [-0.4, -0.2) is 11.9 Å². The van der Waals surface area contributed by atoms with E-state index in [1.54, 1.807) is 0 Å². The highest BCUT2D eigenvalue weighted by Gasteiger charge is 2.37. The molecule has 1 aromatic rings. The largest absolute Gasteiger partial charge is 0.399 e. The van der Waals surface area contributed by atoms with E-state index in [-0.39, 0.29) is 17.5 Å². The second-order valence-corrected chi connectivity index (χ2v) is 4.60. The van der Waals surface area contributed by atoms with Crippen molar-refractivity contribution >= 4 is 11.6 Å². The molecule has 2 rings (SSSR count). The van der Waals surface area contributed by atoms with Gasteiger partial charge in [-0.05, 0) is 37.0 Å². The average Bonchev–Trinajstić information content (AvgIpc) is 2.96. The van der Waals surface area contributed by atoms with E-state index >= 15 is 0 Å². The monoisotopic (exact) mass is 236 g/mol. The molecule has 1 aliphatic carbocycles. The Bertz CT molecular complexity index is 433. The maximum atomic E-state index is 13.5. The first-order valence-corrected chi connectivity index (χ1v) is 5.97. The molecule has 2 atom stereocenters. The van der Waals surface area contributed by atoms with E-state index in [0.717, 1.165) is 19.3 Å². The Morgan fingerprint density at radius 1 is 1.59 bits per heavy atom. The van der Waals surface area contributed by atoms with Crippen LogP contribution in [0.3, 0.4) is 0 Å². The predicted octanol–water partition coefficient (Wildman–Crippen LogP) is 2.33. The van der Waals surface area contributed by atoms with Gasteiger partial charge in [-0.15, -0.1) is 0 Å². The molecule has 2 unspecified atom stereocenters. The molecule has 0 bridgehead atoms. The van der Waals surface area contributed by atoms with Crippen LogP contribution in [0.15, 0.2) is 18.2 Å². The Morgan fingerprint density at radius 2 is 2.35 bits per heavy atom. The van der Waals surface area contributed by atoms with Gasteiger partial charge in [-0.1, -0.05) is 13.3 Å². The predicted molar refractivity (Wildman–Crippen MR) is 65.1 cm³/mol. The van der Waals surface area contributed by atoms with Gasteiger partial charge in [0.1, 0.15) is 5.82 Å². The number of carbonyl (C=O) groups is 1. The Hall–Kier alpha value is -1.58. The molecule has 1 fully saturated rings. The van der Waals surface area contributed by atoms with E-state index in [2.05, 4.69) is 12.2 Å². The zero-order chi connectivity index (χ0) is 12.4. The molecule has 3 N–H and O–H groups in total. The van der Waals surface area contributed by atoms with Gasteiger partial charge in [0.25, 0.3) is 5.91 Å². The fourth-order valence-electron chi connectivity index (χ4n) is 2.08. The van der Waals surface area contributed by atoms with Gasteiger partial charge in [-0.2, -0.15) is 0 Å². The molecule has 0 spiro atoms. The van der Waals surface area contributed by atoms with E-state index in [0.29, 0.717) is 11.6 Å². The molecule has 0 heterocycles. The van der Waals surface area contributed by atoms with E-state index in [1.807, 2.05) is 0 Å². The van der Waals surface area contributed by atoms with Crippen molar-refractivity contribution in [3.05, 3.63) is 29.6 Å². The van der Waals surface area contributed by atoms with Crippen molar-refractivity contribution in [2.75, 3.05) is 5.73 Å². The number of hydrogen-bond acceptors (Lipinski definition) is 2. The van der Waals surface area contributed by atoms with Crippen LogP contribution in [0.5, 0.6) is 0 Å². The lowest BCUT2D eigenvalue weighted by Crippen LogP contribution is -2.27. The van der Waals surface area contributed by atoms with E-state index in [9.17, 15) is 9.18 Å². The lowest BCUT2D eigenvalue weighted by Gasteiger charge is -2.06. The number of anilines is 1. The maximum absolute atomic E-state index is 13.5. The van der Waals surface area contributed by atoms with Gasteiger partial charge in [0.15, 0.2) is 0 Å². The van der Waals surface area contributed by atoms with Crippen molar-refractivity contribution in [1.29, 1.82) is 0 Å². The first-order chi connectivity index (χ1) is 8.11. The van der Waals surface area contributed by atoms with Gasteiger partial charge in [-0.25, -0.2) is 4.39 Å². The van der Waals surface area contributed by atoms with Gasteiger partial charge in [0.05, 0.1) is 5.56 Å². The SMILES string of the molecule is CCCC1CC1NC(=O)c1ccc(N)cc1F. The van der Waals surface area contributed by atoms with Crippen molar-refractivity contribution in [2.24, 2.45) is 5.92 Å². The molecule has 3 nitrogen and oxygen atoms in total. The van der Waals surface area contributed by atoms with Gasteiger partial charge in [0, 0.05) is 11.7 Å². The third-order valence-electron chi connectivity index (χ3n) is 3.14. The van der Waals surface area contributed by atoms with Crippen LogP contribution in [0, 0.1) is 11.7 Å². The maximum Gasteiger partial charge on any atom is 0.254 e. The molecular formula is C13H17FN2O. The minimum absolute atomic E-state index is 0.0707. The molecule has 1 amide bonds. The first kappa shape index (κ1) is 11.9. The summed E-state index contributed by atoms with van der Waals surface area (Å²) in [6.45, 7) is 2.12. The summed E-state index contributed by atoms with van der Waals surface area (Å²) in [5.74, 6) is -0.331. The number of amides is 1. The summed E-state index contributed by atoms with van der Waals surface area (Å²) in [5.41, 5.74) is 5.83. The molecule has 1 saturated carbocycles. The zero-order valence-corrected chi connectivity index (χ0v) is 9.87. The Balaban J connectivity index is 1.96. The highest BCUT2D eigenvalue weighted by atomic mass is 19.1. The number of nitrogens with one attached hydrogen (secondary N) is 1. The lowest BCUT2D eigenvalue weighted by atomic mass is 10.1. The summed E-state index contributed by atoms with van der Waals surface area (Å²) in [6, 6.07) is 4.36. The first-order valence-electron chi connectivity index (χ1n) is 5.97. The summed E-state index contributed by atoms with van der Waals surface area (Å²) < 4.78 is 13.5. The number of nitrogens with two attached hydrogens (primary N) is 1. The van der Waals surface area contributed by atoms with Crippen LogP contribution in [0.2, 0.25) is 0 Å². The molecule has 0 aliphatic heterocycles. The summed E-state index contributed by atoms with van der Waals surface area (Å²) in [6.07, 6.45) is 3.25. The van der Waals surface area contributed by atoms with Crippen LogP contribution in [0.25, 0.3) is 0 Å². The van der Waals surface area contributed by atoms with Gasteiger partial charge >= 0.3 is 0 Å². The minimum Gasteiger partial charge on any atom is -0.399 e. The molecule has 0 radical (unpaired) electrons. The van der Waals surface area contributed by atoms with E-state index < -0.39 is 5.82 Å². The second kappa shape index (κ2) is 4.73. The number of hydrogen-bond donors (Lipinski definition) is 2. The number of nitrogen functional groups attached to an aromatic ring is 1. The summed E-state index contributed by atoms with van der Waals surface area (Å²) in [5, 5.41) is 2.85. The van der Waals surface area contributed by atoms with Gasteiger partial charge < -0.3 is 11.1 Å². The fourth-order valence-corrected chi connectivity index (χ4v) is 2.08. The Morgan fingerprint density at radius 3 is 3.00 bits per heavy atom. The number of benzene rings is 1. The molecule has 17 heavy (non-hydrogen) atoms.